The molecule has 0 aliphatic heterocycles. The maximum Gasteiger partial charge on any atom is 0.319 e. The summed E-state index contributed by atoms with van der Waals surface area (Å²) >= 11 is 0. The van der Waals surface area contributed by atoms with Gasteiger partial charge in [-0.15, -0.1) is 0 Å². The molecule has 0 saturated carbocycles. The Kier molecular flexibility index (Phi) is 3.60. The third-order valence-corrected chi connectivity index (χ3v) is 3.39. The van der Waals surface area contributed by atoms with E-state index in [1.165, 1.54) is 5.56 Å². The molecule has 0 spiro atoms. The van der Waals surface area contributed by atoms with Crippen molar-refractivity contribution in [2.24, 2.45) is 0 Å². The summed E-state index contributed by atoms with van der Waals surface area (Å²) < 4.78 is 0. The number of aromatic nitrogens is 1. The predicted octanol–water partition coefficient (Wildman–Crippen LogP) is 3.80. The largest absolute Gasteiger partial charge is 0.361 e. The lowest BCUT2D eigenvalue weighted by Crippen LogP contribution is -2.28. The minimum absolute atomic E-state index is 0.207. The average Bonchev–Trinajstić information content (AvgIpc) is 2.94. The average molecular weight is 279 g/mol. The van der Waals surface area contributed by atoms with Gasteiger partial charge in [0.15, 0.2) is 0 Å². The number of benzene rings is 2. The highest BCUT2D eigenvalue weighted by molar-refractivity contribution is 5.92. The second kappa shape index (κ2) is 5.71. The van der Waals surface area contributed by atoms with Crippen molar-refractivity contribution in [3.8, 4) is 0 Å². The number of aromatic amines is 1. The second-order valence-electron chi connectivity index (χ2n) is 5.07. The molecule has 0 bridgehead atoms. The number of carbonyl (C=O) groups excluding carboxylic acids is 1. The van der Waals surface area contributed by atoms with E-state index in [2.05, 4.69) is 15.6 Å². The van der Waals surface area contributed by atoms with Gasteiger partial charge in [-0.1, -0.05) is 35.9 Å². The van der Waals surface area contributed by atoms with Crippen molar-refractivity contribution in [2.75, 3.05) is 5.32 Å². The summed E-state index contributed by atoms with van der Waals surface area (Å²) in [7, 11) is 0. The summed E-state index contributed by atoms with van der Waals surface area (Å²) in [5.74, 6) is 0. The number of nitrogens with one attached hydrogen (secondary N) is 3. The normalized spacial score (nSPS) is 10.5. The summed E-state index contributed by atoms with van der Waals surface area (Å²) in [5, 5.41) is 6.81. The molecule has 2 amide bonds. The van der Waals surface area contributed by atoms with Gasteiger partial charge in [-0.25, -0.2) is 4.79 Å². The Balaban J connectivity index is 1.59. The van der Waals surface area contributed by atoms with E-state index in [0.717, 1.165) is 22.2 Å². The molecule has 1 heterocycles. The summed E-state index contributed by atoms with van der Waals surface area (Å²) in [6, 6.07) is 15.7. The summed E-state index contributed by atoms with van der Waals surface area (Å²) in [6.45, 7) is 2.55. The molecule has 0 aliphatic rings. The zero-order chi connectivity index (χ0) is 14.7. The van der Waals surface area contributed by atoms with Gasteiger partial charge in [0, 0.05) is 23.9 Å². The SMILES string of the molecule is Cc1ccc(CNC(=O)Nc2ccc3cc[nH]c3c2)cc1. The van der Waals surface area contributed by atoms with Crippen molar-refractivity contribution in [3.63, 3.8) is 0 Å². The van der Waals surface area contributed by atoms with Crippen LogP contribution < -0.4 is 10.6 Å². The first kappa shape index (κ1) is 13.2. The third kappa shape index (κ3) is 3.23. The van der Waals surface area contributed by atoms with Crippen molar-refractivity contribution in [2.45, 2.75) is 13.5 Å². The lowest BCUT2D eigenvalue weighted by molar-refractivity contribution is 0.251. The Morgan fingerprint density at radius 3 is 2.71 bits per heavy atom. The number of anilines is 1. The quantitative estimate of drug-likeness (QED) is 0.671. The number of amides is 2. The molecule has 106 valence electrons. The Hall–Kier alpha value is -2.75. The molecule has 3 rings (SSSR count). The first-order valence-corrected chi connectivity index (χ1v) is 6.88. The van der Waals surface area contributed by atoms with E-state index in [4.69, 9.17) is 0 Å². The number of rotatable bonds is 3. The minimum Gasteiger partial charge on any atom is -0.361 e. The lowest BCUT2D eigenvalue weighted by Gasteiger charge is -2.08. The molecule has 1 aromatic heterocycles. The standard InChI is InChI=1S/C17H17N3O/c1-12-2-4-13(5-3-12)11-19-17(21)20-15-7-6-14-8-9-18-16(14)10-15/h2-10,18H,11H2,1H3,(H2,19,20,21). The van der Waals surface area contributed by atoms with Crippen molar-refractivity contribution in [1.29, 1.82) is 0 Å². The summed E-state index contributed by atoms with van der Waals surface area (Å²) in [4.78, 5) is 15.0. The van der Waals surface area contributed by atoms with Crippen LogP contribution in [0.2, 0.25) is 0 Å². The van der Waals surface area contributed by atoms with Gasteiger partial charge in [0.2, 0.25) is 0 Å². The number of H-pyrrole nitrogens is 1. The molecule has 4 nitrogen and oxygen atoms in total. The lowest BCUT2D eigenvalue weighted by atomic mass is 10.1. The van der Waals surface area contributed by atoms with Gasteiger partial charge in [0.1, 0.15) is 0 Å². The highest BCUT2D eigenvalue weighted by atomic mass is 16.2. The van der Waals surface area contributed by atoms with Gasteiger partial charge in [0.25, 0.3) is 0 Å². The number of urea groups is 1. The predicted molar refractivity (Wildman–Crippen MR) is 85.3 cm³/mol. The molecule has 4 heteroatoms. The molecule has 0 saturated heterocycles. The van der Waals surface area contributed by atoms with E-state index in [9.17, 15) is 4.79 Å². The van der Waals surface area contributed by atoms with Gasteiger partial charge in [-0.3, -0.25) is 0 Å². The Morgan fingerprint density at radius 1 is 1.10 bits per heavy atom. The van der Waals surface area contributed by atoms with Crippen LogP contribution in [0, 0.1) is 6.92 Å². The minimum atomic E-state index is -0.207. The number of carbonyl (C=O) groups is 1. The van der Waals surface area contributed by atoms with Crippen LogP contribution in [0.5, 0.6) is 0 Å². The van der Waals surface area contributed by atoms with Crippen LogP contribution in [0.15, 0.2) is 54.7 Å². The Labute approximate surface area is 123 Å². The van der Waals surface area contributed by atoms with E-state index in [1.54, 1.807) is 0 Å². The van der Waals surface area contributed by atoms with Crippen molar-refractivity contribution >= 4 is 22.6 Å². The zero-order valence-electron chi connectivity index (χ0n) is 11.8. The van der Waals surface area contributed by atoms with Crippen LogP contribution in [0.4, 0.5) is 10.5 Å². The van der Waals surface area contributed by atoms with Crippen molar-refractivity contribution in [1.82, 2.24) is 10.3 Å². The first-order valence-electron chi connectivity index (χ1n) is 6.88. The molecule has 0 atom stereocenters. The summed E-state index contributed by atoms with van der Waals surface area (Å²) in [5.41, 5.74) is 4.07. The highest BCUT2D eigenvalue weighted by Crippen LogP contribution is 2.17. The number of fused-ring (bicyclic) bond motifs is 1. The van der Waals surface area contributed by atoms with Crippen molar-refractivity contribution in [3.05, 3.63) is 65.9 Å². The third-order valence-electron chi connectivity index (χ3n) is 3.39. The molecule has 3 N–H and O–H groups in total. The fourth-order valence-corrected chi connectivity index (χ4v) is 2.19. The highest BCUT2D eigenvalue weighted by Gasteiger charge is 2.03. The first-order chi connectivity index (χ1) is 10.2. The number of hydrogen-bond donors (Lipinski definition) is 3. The van der Waals surface area contributed by atoms with Gasteiger partial charge in [-0.2, -0.15) is 0 Å². The number of aryl methyl sites for hydroxylation is 1. The van der Waals surface area contributed by atoms with E-state index in [-0.39, 0.29) is 6.03 Å². The van der Waals surface area contributed by atoms with E-state index >= 15 is 0 Å². The number of hydrogen-bond acceptors (Lipinski definition) is 1. The van der Waals surface area contributed by atoms with Gasteiger partial charge >= 0.3 is 6.03 Å². The zero-order valence-corrected chi connectivity index (χ0v) is 11.8. The van der Waals surface area contributed by atoms with Gasteiger partial charge in [-0.05, 0) is 36.1 Å². The van der Waals surface area contributed by atoms with Crippen LogP contribution in [-0.4, -0.2) is 11.0 Å². The van der Waals surface area contributed by atoms with Crippen LogP contribution in [0.1, 0.15) is 11.1 Å². The van der Waals surface area contributed by atoms with Gasteiger partial charge in [0.05, 0.1) is 0 Å². The van der Waals surface area contributed by atoms with E-state index in [0.29, 0.717) is 6.54 Å². The molecule has 0 radical (unpaired) electrons. The van der Waals surface area contributed by atoms with Gasteiger partial charge < -0.3 is 15.6 Å². The maximum absolute atomic E-state index is 11.9. The molecule has 0 fully saturated rings. The van der Waals surface area contributed by atoms with Crippen LogP contribution in [-0.2, 0) is 6.54 Å². The van der Waals surface area contributed by atoms with Crippen LogP contribution >= 0.6 is 0 Å². The van der Waals surface area contributed by atoms with E-state index < -0.39 is 0 Å². The molecule has 0 aliphatic carbocycles. The smallest absolute Gasteiger partial charge is 0.319 e. The Bertz CT molecular complexity index is 759. The molecular formula is C17H17N3O. The van der Waals surface area contributed by atoms with E-state index in [1.807, 2.05) is 61.7 Å². The van der Waals surface area contributed by atoms with Crippen LogP contribution in [0.3, 0.4) is 0 Å². The molecule has 3 aromatic rings. The maximum atomic E-state index is 11.9. The molecule has 21 heavy (non-hydrogen) atoms. The molecule has 0 unspecified atom stereocenters. The van der Waals surface area contributed by atoms with Crippen molar-refractivity contribution < 1.29 is 4.79 Å². The topological polar surface area (TPSA) is 56.9 Å². The summed E-state index contributed by atoms with van der Waals surface area (Å²) in [6.07, 6.45) is 1.88. The Morgan fingerprint density at radius 2 is 1.90 bits per heavy atom. The van der Waals surface area contributed by atoms with Crippen LogP contribution in [0.25, 0.3) is 10.9 Å². The molecule has 2 aromatic carbocycles. The second-order valence-corrected chi connectivity index (χ2v) is 5.07. The fourth-order valence-electron chi connectivity index (χ4n) is 2.19. The molecular weight excluding hydrogens is 262 g/mol. The fraction of sp³-hybridized carbons (Fsp3) is 0.118. The monoisotopic (exact) mass is 279 g/mol.